The predicted octanol–water partition coefficient (Wildman–Crippen LogP) is 1.71. The Morgan fingerprint density at radius 2 is 1.81 bits per heavy atom. The molecule has 116 valence electrons. The van der Waals surface area contributed by atoms with Crippen LogP contribution in [0.4, 0.5) is 9.18 Å². The van der Waals surface area contributed by atoms with Gasteiger partial charge in [-0.15, -0.1) is 0 Å². The molecule has 1 rings (SSSR count). The minimum atomic E-state index is -0.527. The minimum absolute atomic E-state index is 0.0331. The summed E-state index contributed by atoms with van der Waals surface area (Å²) in [4.78, 5) is 22.0. The molecule has 0 spiro atoms. The molecule has 0 radical (unpaired) electrons. The van der Waals surface area contributed by atoms with Crippen LogP contribution in [0.15, 0.2) is 24.3 Å². The van der Waals surface area contributed by atoms with E-state index in [0.29, 0.717) is 31.5 Å². The van der Waals surface area contributed by atoms with Crippen LogP contribution in [0.1, 0.15) is 31.2 Å². The van der Waals surface area contributed by atoms with Crippen LogP contribution in [0.3, 0.4) is 0 Å². The van der Waals surface area contributed by atoms with Gasteiger partial charge in [-0.1, -0.05) is 24.6 Å². The Bertz CT molecular complexity index is 466. The molecule has 6 heteroatoms. The van der Waals surface area contributed by atoms with Crippen LogP contribution in [0.5, 0.6) is 0 Å². The molecule has 4 N–H and O–H groups in total. The first-order valence-corrected chi connectivity index (χ1v) is 7.13. The fourth-order valence-corrected chi connectivity index (χ4v) is 1.93. The predicted molar refractivity (Wildman–Crippen MR) is 79.2 cm³/mol. The molecule has 0 fully saturated rings. The molecular weight excluding hydrogens is 273 g/mol. The number of hydrogen-bond acceptors (Lipinski definition) is 2. The molecule has 5 nitrogen and oxygen atoms in total. The molecule has 0 bridgehead atoms. The molecule has 1 aromatic rings. The maximum absolute atomic E-state index is 13.3. The first-order valence-electron chi connectivity index (χ1n) is 7.13. The Hall–Kier alpha value is -2.11. The summed E-state index contributed by atoms with van der Waals surface area (Å²) in [7, 11) is 0. The lowest BCUT2D eigenvalue weighted by atomic mass is 10.1. The molecule has 0 aliphatic carbocycles. The summed E-state index contributed by atoms with van der Waals surface area (Å²) in [6, 6.07) is 6.02. The third-order valence-corrected chi connectivity index (χ3v) is 3.05. The minimum Gasteiger partial charge on any atom is -0.356 e. The highest BCUT2D eigenvalue weighted by atomic mass is 19.1. The number of benzene rings is 1. The largest absolute Gasteiger partial charge is 0.356 e. The topological polar surface area (TPSA) is 84.2 Å². The summed E-state index contributed by atoms with van der Waals surface area (Å²) >= 11 is 0. The van der Waals surface area contributed by atoms with Gasteiger partial charge in [-0.2, -0.15) is 0 Å². The Morgan fingerprint density at radius 3 is 2.52 bits per heavy atom. The van der Waals surface area contributed by atoms with Gasteiger partial charge in [0.05, 0.1) is 0 Å². The van der Waals surface area contributed by atoms with Crippen LogP contribution >= 0.6 is 0 Å². The molecule has 0 heterocycles. The smallest absolute Gasteiger partial charge is 0.312 e. The van der Waals surface area contributed by atoms with E-state index in [0.717, 1.165) is 19.3 Å². The number of unbranched alkanes of at least 4 members (excludes halogenated alkanes) is 2. The highest BCUT2D eigenvalue weighted by Crippen LogP contribution is 2.06. The zero-order chi connectivity index (χ0) is 15.5. The van der Waals surface area contributed by atoms with Crippen molar-refractivity contribution in [2.45, 2.75) is 32.1 Å². The van der Waals surface area contributed by atoms with Gasteiger partial charge in [0.1, 0.15) is 5.82 Å². The van der Waals surface area contributed by atoms with Crippen molar-refractivity contribution in [2.75, 3.05) is 13.1 Å². The number of primary amides is 1. The van der Waals surface area contributed by atoms with Gasteiger partial charge in [-0.05, 0) is 30.9 Å². The second kappa shape index (κ2) is 9.74. The molecular formula is C15H22FN3O2. The van der Waals surface area contributed by atoms with Crippen molar-refractivity contribution in [1.29, 1.82) is 0 Å². The summed E-state index contributed by atoms with van der Waals surface area (Å²) < 4.78 is 13.3. The Kier molecular flexibility index (Phi) is 7.86. The molecule has 21 heavy (non-hydrogen) atoms. The molecule has 3 amide bonds. The van der Waals surface area contributed by atoms with Crippen LogP contribution in [0.2, 0.25) is 0 Å². The number of nitrogens with one attached hydrogen (secondary N) is 2. The molecule has 1 aromatic carbocycles. The van der Waals surface area contributed by atoms with Gasteiger partial charge in [-0.3, -0.25) is 4.79 Å². The Balaban J connectivity index is 2.04. The SMILES string of the molecule is NC(=O)NCCCCCC(=O)NCCc1ccccc1F. The molecule has 0 aliphatic rings. The average molecular weight is 295 g/mol. The van der Waals surface area contributed by atoms with Gasteiger partial charge in [-0.25, -0.2) is 9.18 Å². The van der Waals surface area contributed by atoms with Gasteiger partial charge < -0.3 is 16.4 Å². The molecule has 0 saturated heterocycles. The van der Waals surface area contributed by atoms with E-state index in [1.165, 1.54) is 6.07 Å². The first-order chi connectivity index (χ1) is 10.1. The van der Waals surface area contributed by atoms with E-state index < -0.39 is 6.03 Å². The maximum atomic E-state index is 13.3. The lowest BCUT2D eigenvalue weighted by molar-refractivity contribution is -0.121. The molecule has 0 aromatic heterocycles. The standard InChI is InChI=1S/C15H22FN3O2/c16-13-7-4-3-6-12(13)9-11-18-14(20)8-2-1-5-10-19-15(17)21/h3-4,6-7H,1-2,5,8-11H2,(H,18,20)(H3,17,19,21). The molecule has 0 atom stereocenters. The second-order valence-corrected chi connectivity index (χ2v) is 4.79. The Morgan fingerprint density at radius 1 is 1.05 bits per heavy atom. The van der Waals surface area contributed by atoms with E-state index in [1.54, 1.807) is 18.2 Å². The number of carbonyl (C=O) groups excluding carboxylic acids is 2. The number of hydrogen-bond donors (Lipinski definition) is 3. The number of rotatable bonds is 9. The normalized spacial score (nSPS) is 10.1. The van der Waals surface area contributed by atoms with Crippen molar-refractivity contribution in [3.63, 3.8) is 0 Å². The maximum Gasteiger partial charge on any atom is 0.312 e. The number of amides is 3. The summed E-state index contributed by atoms with van der Waals surface area (Å²) in [5.41, 5.74) is 5.53. The quantitative estimate of drug-likeness (QED) is 0.606. The van der Waals surface area contributed by atoms with E-state index in [9.17, 15) is 14.0 Å². The summed E-state index contributed by atoms with van der Waals surface area (Å²) in [6.07, 6.45) is 3.33. The van der Waals surface area contributed by atoms with Crippen LogP contribution in [0.25, 0.3) is 0 Å². The van der Waals surface area contributed by atoms with E-state index in [1.807, 2.05) is 0 Å². The first kappa shape index (κ1) is 16.9. The number of halogens is 1. The molecule has 0 unspecified atom stereocenters. The van der Waals surface area contributed by atoms with E-state index in [4.69, 9.17) is 5.73 Å². The lowest BCUT2D eigenvalue weighted by Crippen LogP contribution is -2.30. The fourth-order valence-electron chi connectivity index (χ4n) is 1.93. The van der Waals surface area contributed by atoms with Crippen molar-refractivity contribution in [2.24, 2.45) is 5.73 Å². The number of nitrogens with two attached hydrogens (primary N) is 1. The van der Waals surface area contributed by atoms with Gasteiger partial charge in [0.2, 0.25) is 5.91 Å². The monoisotopic (exact) mass is 295 g/mol. The van der Waals surface area contributed by atoms with Gasteiger partial charge in [0.25, 0.3) is 0 Å². The van der Waals surface area contributed by atoms with E-state index in [-0.39, 0.29) is 11.7 Å². The van der Waals surface area contributed by atoms with Crippen LogP contribution in [-0.4, -0.2) is 25.0 Å². The summed E-state index contributed by atoms with van der Waals surface area (Å²) in [5.74, 6) is -0.275. The van der Waals surface area contributed by atoms with Crippen molar-refractivity contribution in [3.05, 3.63) is 35.6 Å². The van der Waals surface area contributed by atoms with Crippen molar-refractivity contribution in [3.8, 4) is 0 Å². The van der Waals surface area contributed by atoms with Crippen molar-refractivity contribution in [1.82, 2.24) is 10.6 Å². The van der Waals surface area contributed by atoms with Gasteiger partial charge >= 0.3 is 6.03 Å². The third kappa shape index (κ3) is 7.91. The van der Waals surface area contributed by atoms with Crippen molar-refractivity contribution < 1.29 is 14.0 Å². The number of carbonyl (C=O) groups is 2. The van der Waals surface area contributed by atoms with E-state index >= 15 is 0 Å². The van der Waals surface area contributed by atoms with Crippen LogP contribution < -0.4 is 16.4 Å². The average Bonchev–Trinajstić information content (AvgIpc) is 2.44. The molecule has 0 aliphatic heterocycles. The van der Waals surface area contributed by atoms with Crippen molar-refractivity contribution >= 4 is 11.9 Å². The lowest BCUT2D eigenvalue weighted by Gasteiger charge is -2.06. The van der Waals surface area contributed by atoms with Gasteiger partial charge in [0.15, 0.2) is 0 Å². The highest BCUT2D eigenvalue weighted by Gasteiger charge is 2.03. The van der Waals surface area contributed by atoms with Crippen LogP contribution in [-0.2, 0) is 11.2 Å². The summed E-state index contributed by atoms with van der Waals surface area (Å²) in [6.45, 7) is 0.966. The third-order valence-electron chi connectivity index (χ3n) is 3.05. The fraction of sp³-hybridized carbons (Fsp3) is 0.467. The zero-order valence-corrected chi connectivity index (χ0v) is 12.0. The molecule has 0 saturated carbocycles. The zero-order valence-electron chi connectivity index (χ0n) is 12.0. The second-order valence-electron chi connectivity index (χ2n) is 4.79. The van der Waals surface area contributed by atoms with E-state index in [2.05, 4.69) is 10.6 Å². The highest BCUT2D eigenvalue weighted by molar-refractivity contribution is 5.75. The van der Waals surface area contributed by atoms with Crippen LogP contribution in [0, 0.1) is 5.82 Å². The Labute approximate surface area is 124 Å². The number of urea groups is 1. The summed E-state index contributed by atoms with van der Waals surface area (Å²) in [5, 5.41) is 5.27. The van der Waals surface area contributed by atoms with Gasteiger partial charge in [0, 0.05) is 19.5 Å².